The van der Waals surface area contributed by atoms with Crippen LogP contribution >= 0.6 is 11.6 Å². The van der Waals surface area contributed by atoms with Gasteiger partial charge in [0.2, 0.25) is 10.0 Å². The van der Waals surface area contributed by atoms with Crippen LogP contribution in [0.5, 0.6) is 0 Å². The van der Waals surface area contributed by atoms with E-state index in [1.54, 1.807) is 18.2 Å². The standard InChI is InChI=1S/C12H16ClNO3S/c13-11-3-1-2-4-12(11)18(16,17)14-8-9-5-6-10(15)7-9/h1-4,9-10,14-15H,5-8H2. The van der Waals surface area contributed by atoms with Crippen LogP contribution in [0.4, 0.5) is 0 Å². The lowest BCUT2D eigenvalue weighted by atomic mass is 10.1. The molecule has 1 aromatic rings. The van der Waals surface area contributed by atoms with Crippen molar-refractivity contribution in [1.82, 2.24) is 4.72 Å². The Balaban J connectivity index is 2.02. The van der Waals surface area contributed by atoms with Gasteiger partial charge in [-0.25, -0.2) is 13.1 Å². The molecule has 2 rings (SSSR count). The maximum absolute atomic E-state index is 12.0. The summed E-state index contributed by atoms with van der Waals surface area (Å²) < 4.78 is 26.6. The summed E-state index contributed by atoms with van der Waals surface area (Å²) in [6, 6.07) is 6.36. The summed E-state index contributed by atoms with van der Waals surface area (Å²) in [5.74, 6) is 0.206. The molecule has 100 valence electrons. The molecule has 0 bridgehead atoms. The molecule has 6 heteroatoms. The molecule has 1 saturated carbocycles. The fraction of sp³-hybridized carbons (Fsp3) is 0.500. The van der Waals surface area contributed by atoms with Crippen LogP contribution in [0.25, 0.3) is 0 Å². The molecule has 4 nitrogen and oxygen atoms in total. The fourth-order valence-corrected chi connectivity index (χ4v) is 3.84. The number of hydrogen-bond donors (Lipinski definition) is 2. The van der Waals surface area contributed by atoms with Crippen molar-refractivity contribution in [2.75, 3.05) is 6.54 Å². The number of hydrogen-bond acceptors (Lipinski definition) is 3. The van der Waals surface area contributed by atoms with Gasteiger partial charge >= 0.3 is 0 Å². The summed E-state index contributed by atoms with van der Waals surface area (Å²) >= 11 is 5.87. The summed E-state index contributed by atoms with van der Waals surface area (Å²) in [7, 11) is -3.56. The molecule has 0 aliphatic heterocycles. The van der Waals surface area contributed by atoms with Gasteiger partial charge in [0.05, 0.1) is 11.1 Å². The Morgan fingerprint density at radius 2 is 2.06 bits per heavy atom. The zero-order valence-corrected chi connectivity index (χ0v) is 11.4. The molecule has 0 amide bonds. The third-order valence-corrected chi connectivity index (χ3v) is 5.13. The van der Waals surface area contributed by atoms with Crippen LogP contribution in [0, 0.1) is 5.92 Å². The van der Waals surface area contributed by atoms with E-state index in [9.17, 15) is 13.5 Å². The highest BCUT2D eigenvalue weighted by molar-refractivity contribution is 7.89. The third kappa shape index (κ3) is 3.23. The number of aliphatic hydroxyl groups excluding tert-OH is 1. The Bertz CT molecular complexity index is 518. The molecule has 1 aliphatic rings. The number of aliphatic hydroxyl groups is 1. The number of rotatable bonds is 4. The normalized spacial score (nSPS) is 24.3. The van der Waals surface area contributed by atoms with Gasteiger partial charge in [0, 0.05) is 6.54 Å². The highest BCUT2D eigenvalue weighted by atomic mass is 35.5. The van der Waals surface area contributed by atoms with Crippen LogP contribution in [-0.4, -0.2) is 26.2 Å². The second-order valence-electron chi connectivity index (χ2n) is 4.62. The van der Waals surface area contributed by atoms with Crippen LogP contribution < -0.4 is 4.72 Å². The summed E-state index contributed by atoms with van der Waals surface area (Å²) in [6.45, 7) is 0.352. The van der Waals surface area contributed by atoms with Gasteiger partial charge in [-0.05, 0) is 37.3 Å². The number of nitrogens with one attached hydrogen (secondary N) is 1. The van der Waals surface area contributed by atoms with E-state index in [-0.39, 0.29) is 21.9 Å². The van der Waals surface area contributed by atoms with Crippen LogP contribution in [0.3, 0.4) is 0 Å². The Hall–Kier alpha value is -0.620. The van der Waals surface area contributed by atoms with Crippen molar-refractivity contribution < 1.29 is 13.5 Å². The first kappa shape index (κ1) is 13.8. The van der Waals surface area contributed by atoms with E-state index < -0.39 is 10.0 Å². The van der Waals surface area contributed by atoms with Gasteiger partial charge in [-0.2, -0.15) is 0 Å². The molecular weight excluding hydrogens is 274 g/mol. The average Bonchev–Trinajstić information content (AvgIpc) is 2.73. The van der Waals surface area contributed by atoms with E-state index in [1.165, 1.54) is 6.07 Å². The van der Waals surface area contributed by atoms with Crippen LogP contribution in [-0.2, 0) is 10.0 Å². The Kier molecular flexibility index (Phi) is 4.27. The van der Waals surface area contributed by atoms with E-state index >= 15 is 0 Å². The maximum atomic E-state index is 12.0. The molecule has 2 atom stereocenters. The predicted molar refractivity (Wildman–Crippen MR) is 70.0 cm³/mol. The van der Waals surface area contributed by atoms with Gasteiger partial charge in [-0.3, -0.25) is 0 Å². The molecule has 2 unspecified atom stereocenters. The van der Waals surface area contributed by atoms with Crippen molar-refractivity contribution in [3.8, 4) is 0 Å². The second-order valence-corrected chi connectivity index (χ2v) is 6.76. The van der Waals surface area contributed by atoms with Crippen LogP contribution in [0.15, 0.2) is 29.2 Å². The monoisotopic (exact) mass is 289 g/mol. The minimum atomic E-state index is -3.56. The molecule has 0 heterocycles. The molecule has 18 heavy (non-hydrogen) atoms. The van der Waals surface area contributed by atoms with Crippen LogP contribution in [0.1, 0.15) is 19.3 Å². The topological polar surface area (TPSA) is 66.4 Å². The van der Waals surface area contributed by atoms with Crippen molar-refractivity contribution in [3.63, 3.8) is 0 Å². The van der Waals surface area contributed by atoms with Crippen molar-refractivity contribution in [1.29, 1.82) is 0 Å². The first-order chi connectivity index (χ1) is 8.49. The summed E-state index contributed by atoms with van der Waals surface area (Å²) in [5.41, 5.74) is 0. The molecule has 1 fully saturated rings. The minimum Gasteiger partial charge on any atom is -0.393 e. The van der Waals surface area contributed by atoms with Gasteiger partial charge in [-0.15, -0.1) is 0 Å². The molecule has 0 radical (unpaired) electrons. The third-order valence-electron chi connectivity index (χ3n) is 3.20. The maximum Gasteiger partial charge on any atom is 0.242 e. The van der Waals surface area contributed by atoms with Crippen molar-refractivity contribution >= 4 is 21.6 Å². The number of sulfonamides is 1. The van der Waals surface area contributed by atoms with Crippen LogP contribution in [0.2, 0.25) is 5.02 Å². The summed E-state index contributed by atoms with van der Waals surface area (Å²) in [4.78, 5) is 0.102. The van der Waals surface area contributed by atoms with E-state index in [4.69, 9.17) is 11.6 Å². The Morgan fingerprint density at radius 3 is 2.67 bits per heavy atom. The average molecular weight is 290 g/mol. The molecule has 0 saturated heterocycles. The lowest BCUT2D eigenvalue weighted by Gasteiger charge is -2.12. The zero-order chi connectivity index (χ0) is 13.2. The fourth-order valence-electron chi connectivity index (χ4n) is 2.20. The zero-order valence-electron chi connectivity index (χ0n) is 9.84. The van der Waals surface area contributed by atoms with Gasteiger partial charge in [0.15, 0.2) is 0 Å². The first-order valence-corrected chi connectivity index (χ1v) is 7.77. The van der Waals surface area contributed by atoms with E-state index in [0.717, 1.165) is 12.8 Å². The predicted octanol–water partition coefficient (Wildman–Crippen LogP) is 1.78. The largest absolute Gasteiger partial charge is 0.393 e. The number of benzene rings is 1. The van der Waals surface area contributed by atoms with Crippen molar-refractivity contribution in [3.05, 3.63) is 29.3 Å². The van der Waals surface area contributed by atoms with E-state index in [0.29, 0.717) is 13.0 Å². The molecule has 0 spiro atoms. The lowest BCUT2D eigenvalue weighted by molar-refractivity contribution is 0.178. The van der Waals surface area contributed by atoms with Gasteiger partial charge in [-0.1, -0.05) is 23.7 Å². The van der Waals surface area contributed by atoms with Gasteiger partial charge in [0.25, 0.3) is 0 Å². The van der Waals surface area contributed by atoms with Crippen molar-refractivity contribution in [2.24, 2.45) is 5.92 Å². The Morgan fingerprint density at radius 1 is 1.33 bits per heavy atom. The van der Waals surface area contributed by atoms with Crippen molar-refractivity contribution in [2.45, 2.75) is 30.3 Å². The van der Waals surface area contributed by atoms with E-state index in [1.807, 2.05) is 0 Å². The lowest BCUT2D eigenvalue weighted by Crippen LogP contribution is -2.29. The molecule has 2 N–H and O–H groups in total. The minimum absolute atomic E-state index is 0.102. The molecule has 0 aromatic heterocycles. The molecule has 1 aromatic carbocycles. The quantitative estimate of drug-likeness (QED) is 0.888. The van der Waals surface area contributed by atoms with Gasteiger partial charge < -0.3 is 5.11 Å². The molecule has 1 aliphatic carbocycles. The number of halogens is 1. The SMILES string of the molecule is O=S(=O)(NCC1CCC(O)C1)c1ccccc1Cl. The van der Waals surface area contributed by atoms with E-state index in [2.05, 4.69) is 4.72 Å². The molecular formula is C12H16ClNO3S. The first-order valence-electron chi connectivity index (χ1n) is 5.91. The van der Waals surface area contributed by atoms with Gasteiger partial charge in [0.1, 0.15) is 4.90 Å². The highest BCUT2D eigenvalue weighted by Gasteiger charge is 2.25. The second kappa shape index (κ2) is 5.57. The summed E-state index contributed by atoms with van der Waals surface area (Å²) in [6.07, 6.45) is 1.97. The smallest absolute Gasteiger partial charge is 0.242 e. The highest BCUT2D eigenvalue weighted by Crippen LogP contribution is 2.26. The summed E-state index contributed by atoms with van der Waals surface area (Å²) in [5, 5.41) is 9.61. The Labute approximate surface area is 112 Å².